The first-order valence-electron chi connectivity index (χ1n) is 5.92. The SMILES string of the molecule is O=C(O)CN(C(=O)c1ccccc1)c1cccc(Cl)c1. The Morgan fingerprint density at radius 3 is 2.35 bits per heavy atom. The third-order valence-electron chi connectivity index (χ3n) is 2.68. The third kappa shape index (κ3) is 3.36. The number of aliphatic carboxylic acids is 1. The molecule has 0 aliphatic heterocycles. The number of rotatable bonds is 4. The molecule has 1 N–H and O–H groups in total. The molecule has 20 heavy (non-hydrogen) atoms. The monoisotopic (exact) mass is 289 g/mol. The van der Waals surface area contributed by atoms with Gasteiger partial charge < -0.3 is 5.11 Å². The maximum absolute atomic E-state index is 12.4. The van der Waals surface area contributed by atoms with Crippen molar-refractivity contribution in [2.24, 2.45) is 0 Å². The van der Waals surface area contributed by atoms with E-state index in [0.717, 1.165) is 0 Å². The average molecular weight is 290 g/mol. The van der Waals surface area contributed by atoms with Crippen LogP contribution in [-0.4, -0.2) is 23.5 Å². The Kier molecular flexibility index (Phi) is 4.38. The van der Waals surface area contributed by atoms with Crippen molar-refractivity contribution >= 4 is 29.2 Å². The summed E-state index contributed by atoms with van der Waals surface area (Å²) in [6.07, 6.45) is 0. The Morgan fingerprint density at radius 1 is 1.05 bits per heavy atom. The van der Waals surface area contributed by atoms with Crippen molar-refractivity contribution in [3.8, 4) is 0 Å². The van der Waals surface area contributed by atoms with Crippen LogP contribution in [0.4, 0.5) is 5.69 Å². The first kappa shape index (κ1) is 14.1. The van der Waals surface area contributed by atoms with E-state index in [2.05, 4.69) is 0 Å². The Hall–Kier alpha value is -2.33. The van der Waals surface area contributed by atoms with E-state index in [1.165, 1.54) is 4.90 Å². The Morgan fingerprint density at radius 2 is 1.75 bits per heavy atom. The number of hydrogen-bond donors (Lipinski definition) is 1. The van der Waals surface area contributed by atoms with Gasteiger partial charge in [-0.2, -0.15) is 0 Å². The predicted molar refractivity (Wildman–Crippen MR) is 77.2 cm³/mol. The summed E-state index contributed by atoms with van der Waals surface area (Å²) < 4.78 is 0. The summed E-state index contributed by atoms with van der Waals surface area (Å²) in [6.45, 7) is -0.423. The van der Waals surface area contributed by atoms with Crippen molar-refractivity contribution in [3.63, 3.8) is 0 Å². The van der Waals surface area contributed by atoms with E-state index < -0.39 is 12.5 Å². The maximum atomic E-state index is 12.4. The van der Waals surface area contributed by atoms with E-state index >= 15 is 0 Å². The summed E-state index contributed by atoms with van der Waals surface area (Å²) in [6, 6.07) is 15.1. The molecule has 1 amide bonds. The van der Waals surface area contributed by atoms with Gasteiger partial charge in [0.1, 0.15) is 6.54 Å². The molecule has 0 bridgehead atoms. The molecule has 4 nitrogen and oxygen atoms in total. The van der Waals surface area contributed by atoms with Crippen LogP contribution in [0.15, 0.2) is 54.6 Å². The molecule has 0 fully saturated rings. The van der Waals surface area contributed by atoms with Gasteiger partial charge in [-0.3, -0.25) is 14.5 Å². The smallest absolute Gasteiger partial charge is 0.323 e. The molecule has 0 spiro atoms. The molecular formula is C15H12ClNO3. The quantitative estimate of drug-likeness (QED) is 0.941. The van der Waals surface area contributed by atoms with Gasteiger partial charge in [0.25, 0.3) is 5.91 Å². The molecule has 102 valence electrons. The highest BCUT2D eigenvalue weighted by atomic mass is 35.5. The largest absolute Gasteiger partial charge is 0.480 e. The second-order valence-corrected chi connectivity index (χ2v) is 4.57. The molecule has 5 heteroatoms. The second-order valence-electron chi connectivity index (χ2n) is 4.13. The van der Waals surface area contributed by atoms with Crippen LogP contribution >= 0.6 is 11.6 Å². The summed E-state index contributed by atoms with van der Waals surface area (Å²) >= 11 is 5.89. The molecular weight excluding hydrogens is 278 g/mol. The normalized spacial score (nSPS) is 10.1. The van der Waals surface area contributed by atoms with Crippen LogP contribution < -0.4 is 4.90 Å². The predicted octanol–water partition coefficient (Wildman–Crippen LogP) is 3.07. The molecule has 2 aromatic rings. The van der Waals surface area contributed by atoms with Gasteiger partial charge in [0, 0.05) is 16.3 Å². The maximum Gasteiger partial charge on any atom is 0.323 e. The lowest BCUT2D eigenvalue weighted by atomic mass is 10.2. The minimum atomic E-state index is -1.09. The van der Waals surface area contributed by atoms with E-state index in [0.29, 0.717) is 16.3 Å². The first-order chi connectivity index (χ1) is 9.58. The molecule has 2 aromatic carbocycles. The molecule has 2 rings (SSSR count). The fourth-order valence-electron chi connectivity index (χ4n) is 1.80. The first-order valence-corrected chi connectivity index (χ1v) is 6.30. The van der Waals surface area contributed by atoms with Gasteiger partial charge in [-0.25, -0.2) is 0 Å². The molecule has 0 aliphatic rings. The molecule has 0 aliphatic carbocycles. The molecule has 0 unspecified atom stereocenters. The van der Waals surface area contributed by atoms with Crippen molar-refractivity contribution in [2.45, 2.75) is 0 Å². The summed E-state index contributed by atoms with van der Waals surface area (Å²) in [5, 5.41) is 9.43. The van der Waals surface area contributed by atoms with Gasteiger partial charge in [-0.05, 0) is 30.3 Å². The number of amides is 1. The van der Waals surface area contributed by atoms with E-state index in [9.17, 15) is 9.59 Å². The minimum Gasteiger partial charge on any atom is -0.480 e. The molecule has 0 radical (unpaired) electrons. The van der Waals surface area contributed by atoms with Crippen LogP contribution in [0.25, 0.3) is 0 Å². The highest BCUT2D eigenvalue weighted by molar-refractivity contribution is 6.31. The zero-order valence-electron chi connectivity index (χ0n) is 10.5. The van der Waals surface area contributed by atoms with E-state index in [-0.39, 0.29) is 5.91 Å². The minimum absolute atomic E-state index is 0.379. The lowest BCUT2D eigenvalue weighted by molar-refractivity contribution is -0.135. The summed E-state index contributed by atoms with van der Waals surface area (Å²) in [4.78, 5) is 24.6. The number of benzene rings is 2. The van der Waals surface area contributed by atoms with Crippen LogP contribution in [-0.2, 0) is 4.79 Å². The standard InChI is InChI=1S/C15H12ClNO3/c16-12-7-4-8-13(9-12)17(10-14(18)19)15(20)11-5-2-1-3-6-11/h1-9H,10H2,(H,18,19). The van der Waals surface area contributed by atoms with Crippen LogP contribution in [0.5, 0.6) is 0 Å². The van der Waals surface area contributed by atoms with Crippen molar-refractivity contribution in [2.75, 3.05) is 11.4 Å². The summed E-state index contributed by atoms with van der Waals surface area (Å²) in [5.41, 5.74) is 0.877. The summed E-state index contributed by atoms with van der Waals surface area (Å²) in [5.74, 6) is -1.47. The number of nitrogens with zero attached hydrogens (tertiary/aromatic N) is 1. The highest BCUT2D eigenvalue weighted by Gasteiger charge is 2.20. The van der Waals surface area contributed by atoms with E-state index in [1.807, 2.05) is 0 Å². The molecule has 0 atom stereocenters. The zero-order valence-corrected chi connectivity index (χ0v) is 11.2. The van der Waals surface area contributed by atoms with Crippen molar-refractivity contribution in [3.05, 3.63) is 65.2 Å². The van der Waals surface area contributed by atoms with Crippen LogP contribution in [0.2, 0.25) is 5.02 Å². The zero-order chi connectivity index (χ0) is 14.5. The average Bonchev–Trinajstić information content (AvgIpc) is 2.45. The number of hydrogen-bond acceptors (Lipinski definition) is 2. The Labute approximate surface area is 121 Å². The van der Waals surface area contributed by atoms with Crippen LogP contribution in [0, 0.1) is 0 Å². The molecule has 0 heterocycles. The topological polar surface area (TPSA) is 57.6 Å². The van der Waals surface area contributed by atoms with Crippen molar-refractivity contribution < 1.29 is 14.7 Å². The number of carbonyl (C=O) groups excluding carboxylic acids is 1. The van der Waals surface area contributed by atoms with Gasteiger partial charge in [0.2, 0.25) is 0 Å². The number of carboxylic acids is 1. The Bertz CT molecular complexity index is 628. The van der Waals surface area contributed by atoms with Gasteiger partial charge in [-0.1, -0.05) is 35.9 Å². The molecule has 0 aromatic heterocycles. The van der Waals surface area contributed by atoms with E-state index in [4.69, 9.17) is 16.7 Å². The molecule has 0 saturated heterocycles. The van der Waals surface area contributed by atoms with Gasteiger partial charge in [-0.15, -0.1) is 0 Å². The highest BCUT2D eigenvalue weighted by Crippen LogP contribution is 2.21. The van der Waals surface area contributed by atoms with Gasteiger partial charge >= 0.3 is 5.97 Å². The van der Waals surface area contributed by atoms with Crippen molar-refractivity contribution in [1.29, 1.82) is 0 Å². The lowest BCUT2D eigenvalue weighted by Gasteiger charge is -2.21. The lowest BCUT2D eigenvalue weighted by Crippen LogP contribution is -2.35. The Balaban J connectivity index is 2.38. The van der Waals surface area contributed by atoms with Gasteiger partial charge in [0.05, 0.1) is 0 Å². The number of anilines is 1. The van der Waals surface area contributed by atoms with Crippen molar-refractivity contribution in [1.82, 2.24) is 0 Å². The number of carbonyl (C=O) groups is 2. The van der Waals surface area contributed by atoms with Crippen LogP contribution in [0.1, 0.15) is 10.4 Å². The molecule has 0 saturated carbocycles. The van der Waals surface area contributed by atoms with Crippen LogP contribution in [0.3, 0.4) is 0 Å². The fraction of sp³-hybridized carbons (Fsp3) is 0.0667. The summed E-state index contributed by atoms with van der Waals surface area (Å²) in [7, 11) is 0. The number of carboxylic acid groups (broad SMARTS) is 1. The van der Waals surface area contributed by atoms with Gasteiger partial charge in [0.15, 0.2) is 0 Å². The van der Waals surface area contributed by atoms with E-state index in [1.54, 1.807) is 54.6 Å². The number of halogens is 1. The second kappa shape index (κ2) is 6.21. The fourth-order valence-corrected chi connectivity index (χ4v) is 1.98. The third-order valence-corrected chi connectivity index (χ3v) is 2.91.